The molecule has 0 aliphatic heterocycles. The minimum absolute atomic E-state index is 0.473. The molecule has 1 aliphatic carbocycles. The molecule has 0 bridgehead atoms. The summed E-state index contributed by atoms with van der Waals surface area (Å²) in [6.45, 7) is 5.76. The first-order valence-electron chi connectivity index (χ1n) is 5.64. The zero-order valence-electron chi connectivity index (χ0n) is 9.29. The van der Waals surface area contributed by atoms with Crippen LogP contribution in [0.15, 0.2) is 15.9 Å². The van der Waals surface area contributed by atoms with Gasteiger partial charge in [0.1, 0.15) is 0 Å². The van der Waals surface area contributed by atoms with E-state index in [0.29, 0.717) is 6.04 Å². The minimum Gasteiger partial charge on any atom is -0.309 e. The van der Waals surface area contributed by atoms with Crippen molar-refractivity contribution in [2.75, 3.05) is 6.54 Å². The lowest BCUT2D eigenvalue weighted by Crippen LogP contribution is -2.25. The van der Waals surface area contributed by atoms with Gasteiger partial charge in [0, 0.05) is 15.4 Å². The van der Waals surface area contributed by atoms with Crippen LogP contribution in [-0.4, -0.2) is 6.54 Å². The monoisotopic (exact) mass is 287 g/mol. The van der Waals surface area contributed by atoms with Crippen molar-refractivity contribution in [2.45, 2.75) is 32.7 Å². The molecule has 0 aromatic carbocycles. The first kappa shape index (κ1) is 11.6. The van der Waals surface area contributed by atoms with Gasteiger partial charge in [0.15, 0.2) is 0 Å². The van der Waals surface area contributed by atoms with Crippen LogP contribution >= 0.6 is 27.3 Å². The van der Waals surface area contributed by atoms with Crippen LogP contribution in [-0.2, 0) is 0 Å². The normalized spacial score (nSPS) is 20.2. The van der Waals surface area contributed by atoms with Crippen LogP contribution in [0.5, 0.6) is 0 Å². The number of nitrogens with one attached hydrogen (secondary N) is 1. The van der Waals surface area contributed by atoms with Gasteiger partial charge in [-0.05, 0) is 65.5 Å². The highest BCUT2D eigenvalue weighted by molar-refractivity contribution is 9.10. The van der Waals surface area contributed by atoms with E-state index >= 15 is 0 Å². The maximum Gasteiger partial charge on any atom is 0.0397 e. The molecule has 3 heteroatoms. The molecule has 84 valence electrons. The molecule has 1 N–H and O–H groups in total. The van der Waals surface area contributed by atoms with E-state index in [2.05, 4.69) is 46.5 Å². The van der Waals surface area contributed by atoms with Crippen molar-refractivity contribution in [3.05, 3.63) is 20.8 Å². The van der Waals surface area contributed by atoms with Crippen LogP contribution in [0.2, 0.25) is 0 Å². The summed E-state index contributed by atoms with van der Waals surface area (Å²) in [5.74, 6) is 1.84. The molecule has 2 rings (SSSR count). The molecule has 1 heterocycles. The van der Waals surface area contributed by atoms with Crippen LogP contribution in [0, 0.1) is 11.8 Å². The molecule has 1 saturated carbocycles. The Hall–Kier alpha value is 0.140. The summed E-state index contributed by atoms with van der Waals surface area (Å²) in [4.78, 5) is 1.41. The summed E-state index contributed by atoms with van der Waals surface area (Å²) in [6, 6.07) is 2.60. The first-order chi connectivity index (χ1) is 7.18. The van der Waals surface area contributed by atoms with Crippen LogP contribution in [0.4, 0.5) is 0 Å². The Bertz CT molecular complexity index is 319. The van der Waals surface area contributed by atoms with E-state index in [4.69, 9.17) is 0 Å². The van der Waals surface area contributed by atoms with Crippen molar-refractivity contribution < 1.29 is 0 Å². The smallest absolute Gasteiger partial charge is 0.0397 e. The average molecular weight is 288 g/mol. The van der Waals surface area contributed by atoms with Crippen molar-refractivity contribution in [3.63, 3.8) is 0 Å². The molecule has 0 radical (unpaired) electrons. The van der Waals surface area contributed by atoms with Crippen molar-refractivity contribution in [3.8, 4) is 0 Å². The Labute approximate surface area is 104 Å². The van der Waals surface area contributed by atoms with Crippen molar-refractivity contribution >= 4 is 27.3 Å². The summed E-state index contributed by atoms with van der Waals surface area (Å²) < 4.78 is 1.24. The van der Waals surface area contributed by atoms with Gasteiger partial charge >= 0.3 is 0 Å². The van der Waals surface area contributed by atoms with E-state index in [1.54, 1.807) is 0 Å². The molecular weight excluding hydrogens is 270 g/mol. The minimum atomic E-state index is 0.473. The maximum absolute atomic E-state index is 3.63. The van der Waals surface area contributed by atoms with Gasteiger partial charge in [0.05, 0.1) is 0 Å². The number of rotatable bonds is 5. The van der Waals surface area contributed by atoms with Gasteiger partial charge < -0.3 is 5.32 Å². The summed E-state index contributed by atoms with van der Waals surface area (Å²) >= 11 is 5.41. The maximum atomic E-state index is 3.63. The van der Waals surface area contributed by atoms with Crippen LogP contribution in [0.3, 0.4) is 0 Å². The fraction of sp³-hybridized carbons (Fsp3) is 0.667. The Morgan fingerprint density at radius 1 is 1.53 bits per heavy atom. The lowest BCUT2D eigenvalue weighted by Gasteiger charge is -2.16. The highest BCUT2D eigenvalue weighted by Crippen LogP contribution is 2.36. The van der Waals surface area contributed by atoms with Crippen LogP contribution in [0.1, 0.15) is 37.6 Å². The fourth-order valence-electron chi connectivity index (χ4n) is 1.90. The third kappa shape index (κ3) is 3.05. The second kappa shape index (κ2) is 4.98. The molecule has 1 nitrogen and oxygen atoms in total. The zero-order chi connectivity index (χ0) is 10.8. The van der Waals surface area contributed by atoms with E-state index < -0.39 is 0 Å². The number of thiophene rings is 1. The summed E-state index contributed by atoms with van der Waals surface area (Å²) in [5.41, 5.74) is 0. The van der Waals surface area contributed by atoms with Gasteiger partial charge in [0.2, 0.25) is 0 Å². The second-order valence-electron chi connectivity index (χ2n) is 4.58. The van der Waals surface area contributed by atoms with Crippen molar-refractivity contribution in [2.24, 2.45) is 11.8 Å². The van der Waals surface area contributed by atoms with Gasteiger partial charge in [-0.3, -0.25) is 0 Å². The van der Waals surface area contributed by atoms with E-state index in [1.807, 2.05) is 11.3 Å². The van der Waals surface area contributed by atoms with E-state index in [-0.39, 0.29) is 0 Å². The predicted molar refractivity (Wildman–Crippen MR) is 70.3 cm³/mol. The molecule has 1 fully saturated rings. The summed E-state index contributed by atoms with van der Waals surface area (Å²) in [7, 11) is 0. The van der Waals surface area contributed by atoms with Gasteiger partial charge in [-0.1, -0.05) is 6.92 Å². The summed E-state index contributed by atoms with van der Waals surface area (Å²) in [5, 5.41) is 5.77. The van der Waals surface area contributed by atoms with Crippen molar-refractivity contribution in [1.29, 1.82) is 0 Å². The molecule has 0 amide bonds. The van der Waals surface area contributed by atoms with Crippen molar-refractivity contribution in [1.82, 2.24) is 5.32 Å². The standard InChI is InChI=1S/C12H18BrNS/c1-8(10-3-4-10)7-14-9(2)12-11(13)5-6-15-12/h5-6,8-10,14H,3-4,7H2,1-2H3. The Morgan fingerprint density at radius 2 is 2.27 bits per heavy atom. The molecule has 1 aromatic heterocycles. The van der Waals surface area contributed by atoms with E-state index in [0.717, 1.165) is 18.4 Å². The molecule has 1 aliphatic rings. The number of hydrogen-bond acceptors (Lipinski definition) is 2. The topological polar surface area (TPSA) is 12.0 Å². The van der Waals surface area contributed by atoms with Gasteiger partial charge in [-0.2, -0.15) is 0 Å². The zero-order valence-corrected chi connectivity index (χ0v) is 11.7. The lowest BCUT2D eigenvalue weighted by atomic mass is 10.1. The first-order valence-corrected chi connectivity index (χ1v) is 7.32. The highest BCUT2D eigenvalue weighted by Gasteiger charge is 2.27. The Kier molecular flexibility index (Phi) is 3.86. The summed E-state index contributed by atoms with van der Waals surface area (Å²) in [6.07, 6.45) is 2.89. The largest absolute Gasteiger partial charge is 0.309 e. The number of hydrogen-bond donors (Lipinski definition) is 1. The molecular formula is C12H18BrNS. The van der Waals surface area contributed by atoms with Gasteiger partial charge in [-0.25, -0.2) is 0 Å². The van der Waals surface area contributed by atoms with Crippen LogP contribution in [0.25, 0.3) is 0 Å². The quantitative estimate of drug-likeness (QED) is 0.856. The Morgan fingerprint density at radius 3 is 2.80 bits per heavy atom. The molecule has 2 atom stereocenters. The van der Waals surface area contributed by atoms with E-state index in [1.165, 1.54) is 22.2 Å². The molecule has 0 spiro atoms. The average Bonchev–Trinajstić information content (AvgIpc) is 2.98. The third-order valence-electron chi connectivity index (χ3n) is 3.21. The predicted octanol–water partition coefficient (Wildman–Crippen LogP) is 4.21. The fourth-order valence-corrected chi connectivity index (χ4v) is 3.65. The second-order valence-corrected chi connectivity index (χ2v) is 6.38. The molecule has 1 aromatic rings. The lowest BCUT2D eigenvalue weighted by molar-refractivity contribution is 0.433. The van der Waals surface area contributed by atoms with Gasteiger partial charge in [-0.15, -0.1) is 11.3 Å². The molecule has 0 saturated heterocycles. The van der Waals surface area contributed by atoms with E-state index in [9.17, 15) is 0 Å². The molecule has 15 heavy (non-hydrogen) atoms. The SMILES string of the molecule is CC(NCC(C)C1CC1)c1sccc1Br. The Balaban J connectivity index is 1.81. The third-order valence-corrected chi connectivity index (χ3v) is 5.26. The van der Waals surface area contributed by atoms with Crippen LogP contribution < -0.4 is 5.32 Å². The van der Waals surface area contributed by atoms with Gasteiger partial charge in [0.25, 0.3) is 0 Å². The molecule has 2 unspecified atom stereocenters. The number of halogens is 1. The highest BCUT2D eigenvalue weighted by atomic mass is 79.9.